The Kier molecular flexibility index (Phi) is 1.86. The lowest BCUT2D eigenvalue weighted by Crippen LogP contribution is -2.43. The fourth-order valence-electron chi connectivity index (χ4n) is 2.08. The minimum absolute atomic E-state index is 0.597. The summed E-state index contributed by atoms with van der Waals surface area (Å²) in [5.74, 6) is 0. The van der Waals surface area contributed by atoms with Gasteiger partial charge >= 0.3 is 0 Å². The van der Waals surface area contributed by atoms with Gasteiger partial charge in [-0.1, -0.05) is 6.08 Å². The minimum Gasteiger partial charge on any atom is -0.391 e. The highest BCUT2D eigenvalue weighted by Gasteiger charge is 2.31. The van der Waals surface area contributed by atoms with Gasteiger partial charge in [0.05, 0.1) is 0 Å². The molecule has 11 heavy (non-hydrogen) atoms. The molecular formula is C9H16N2. The molecule has 2 aliphatic heterocycles. The molecule has 62 valence electrons. The molecule has 2 heterocycles. The van der Waals surface area contributed by atoms with E-state index in [2.05, 4.69) is 22.9 Å². The van der Waals surface area contributed by atoms with E-state index in [0.29, 0.717) is 5.41 Å². The molecule has 0 aliphatic carbocycles. The first-order chi connectivity index (χ1) is 5.41. The largest absolute Gasteiger partial charge is 0.391 e. The van der Waals surface area contributed by atoms with Gasteiger partial charge in [-0.05, 0) is 44.0 Å². The highest BCUT2D eigenvalue weighted by Crippen LogP contribution is 2.33. The van der Waals surface area contributed by atoms with Crippen molar-refractivity contribution in [3.63, 3.8) is 0 Å². The summed E-state index contributed by atoms with van der Waals surface area (Å²) in [6, 6.07) is 0. The van der Waals surface area contributed by atoms with Gasteiger partial charge in [0.1, 0.15) is 0 Å². The van der Waals surface area contributed by atoms with Gasteiger partial charge in [0.25, 0.3) is 0 Å². The molecule has 2 heteroatoms. The molecule has 0 radical (unpaired) electrons. The minimum atomic E-state index is 0.597. The first-order valence-electron chi connectivity index (χ1n) is 4.51. The van der Waals surface area contributed by atoms with Crippen molar-refractivity contribution < 1.29 is 0 Å². The Balaban J connectivity index is 2.01. The van der Waals surface area contributed by atoms with Crippen LogP contribution in [-0.2, 0) is 0 Å². The third-order valence-electron chi connectivity index (χ3n) is 2.93. The molecule has 2 N–H and O–H groups in total. The first kappa shape index (κ1) is 7.17. The summed E-state index contributed by atoms with van der Waals surface area (Å²) in [6.07, 6.45) is 8.32. The lowest BCUT2D eigenvalue weighted by Gasteiger charge is -2.38. The van der Waals surface area contributed by atoms with Crippen molar-refractivity contribution in [2.24, 2.45) is 5.41 Å². The van der Waals surface area contributed by atoms with Crippen molar-refractivity contribution in [1.29, 1.82) is 0 Å². The molecule has 1 spiro atoms. The highest BCUT2D eigenvalue weighted by atomic mass is 14.9. The summed E-state index contributed by atoms with van der Waals surface area (Å²) in [5, 5.41) is 6.74. The van der Waals surface area contributed by atoms with E-state index >= 15 is 0 Å². The molecule has 0 saturated carbocycles. The Labute approximate surface area is 68.1 Å². The maximum Gasteiger partial charge on any atom is 0.0201 e. The molecular weight excluding hydrogens is 136 g/mol. The quantitative estimate of drug-likeness (QED) is 0.538. The van der Waals surface area contributed by atoms with Crippen molar-refractivity contribution >= 4 is 0 Å². The molecule has 0 aromatic heterocycles. The molecule has 1 saturated heterocycles. The normalized spacial score (nSPS) is 28.4. The number of allylic oxidation sites excluding steroid dienone is 1. The van der Waals surface area contributed by atoms with Gasteiger partial charge < -0.3 is 10.6 Å². The van der Waals surface area contributed by atoms with E-state index in [0.717, 1.165) is 0 Å². The predicted molar refractivity (Wildman–Crippen MR) is 46.3 cm³/mol. The second-order valence-electron chi connectivity index (χ2n) is 3.74. The third-order valence-corrected chi connectivity index (χ3v) is 2.93. The van der Waals surface area contributed by atoms with E-state index in [9.17, 15) is 0 Å². The summed E-state index contributed by atoms with van der Waals surface area (Å²) < 4.78 is 0. The van der Waals surface area contributed by atoms with Gasteiger partial charge in [0.15, 0.2) is 0 Å². The maximum absolute atomic E-state index is 3.40. The summed E-state index contributed by atoms with van der Waals surface area (Å²) in [4.78, 5) is 0. The topological polar surface area (TPSA) is 24.1 Å². The number of piperidine rings is 1. The highest BCUT2D eigenvalue weighted by molar-refractivity contribution is 4.99. The van der Waals surface area contributed by atoms with Crippen LogP contribution in [0.25, 0.3) is 0 Å². The molecule has 0 bridgehead atoms. The lowest BCUT2D eigenvalue weighted by molar-refractivity contribution is 0.196. The average molecular weight is 152 g/mol. The van der Waals surface area contributed by atoms with Crippen LogP contribution in [0.4, 0.5) is 0 Å². The van der Waals surface area contributed by atoms with Gasteiger partial charge in [-0.2, -0.15) is 0 Å². The second-order valence-corrected chi connectivity index (χ2v) is 3.74. The molecule has 1 fully saturated rings. The molecule has 0 atom stereocenters. The monoisotopic (exact) mass is 152 g/mol. The fraction of sp³-hybridized carbons (Fsp3) is 0.778. The van der Waals surface area contributed by atoms with Gasteiger partial charge in [-0.25, -0.2) is 0 Å². The summed E-state index contributed by atoms with van der Waals surface area (Å²) >= 11 is 0. The van der Waals surface area contributed by atoms with Gasteiger partial charge in [0.2, 0.25) is 0 Å². The van der Waals surface area contributed by atoms with Crippen molar-refractivity contribution in [3.05, 3.63) is 12.3 Å². The van der Waals surface area contributed by atoms with Crippen LogP contribution in [0, 0.1) is 5.41 Å². The van der Waals surface area contributed by atoms with Gasteiger partial charge in [-0.3, -0.25) is 0 Å². The summed E-state index contributed by atoms with van der Waals surface area (Å²) in [6.45, 7) is 3.59. The summed E-state index contributed by atoms with van der Waals surface area (Å²) in [5.41, 5.74) is 0.597. The van der Waals surface area contributed by atoms with Crippen LogP contribution in [0.1, 0.15) is 19.3 Å². The Bertz CT molecular complexity index is 157. The standard InChI is InChI=1S/C9H16N2/c1-2-9(8-11-5-1)3-6-10-7-4-9/h1,5,10-11H,2-4,6-8H2. The summed E-state index contributed by atoms with van der Waals surface area (Å²) in [7, 11) is 0. The number of rotatable bonds is 0. The van der Waals surface area contributed by atoms with Crippen molar-refractivity contribution in [1.82, 2.24) is 10.6 Å². The third kappa shape index (κ3) is 1.41. The van der Waals surface area contributed by atoms with E-state index in [1.165, 1.54) is 38.9 Å². The zero-order valence-electron chi connectivity index (χ0n) is 6.90. The van der Waals surface area contributed by atoms with E-state index in [-0.39, 0.29) is 0 Å². The maximum atomic E-state index is 3.40. The van der Waals surface area contributed by atoms with Crippen LogP contribution in [0.2, 0.25) is 0 Å². The smallest absolute Gasteiger partial charge is 0.0201 e. The fourth-order valence-corrected chi connectivity index (χ4v) is 2.08. The average Bonchev–Trinajstić information content (AvgIpc) is 2.07. The van der Waals surface area contributed by atoms with Crippen LogP contribution in [0.3, 0.4) is 0 Å². The van der Waals surface area contributed by atoms with E-state index in [1.54, 1.807) is 0 Å². The van der Waals surface area contributed by atoms with E-state index in [1.807, 2.05) is 0 Å². The Morgan fingerprint density at radius 1 is 1.18 bits per heavy atom. The molecule has 2 nitrogen and oxygen atoms in total. The molecule has 0 aromatic rings. The van der Waals surface area contributed by atoms with Crippen LogP contribution in [0.5, 0.6) is 0 Å². The van der Waals surface area contributed by atoms with Crippen LogP contribution in [0.15, 0.2) is 12.3 Å². The van der Waals surface area contributed by atoms with E-state index < -0.39 is 0 Å². The Hall–Kier alpha value is -0.500. The number of nitrogens with one attached hydrogen (secondary N) is 2. The molecule has 0 aromatic carbocycles. The number of hydrogen-bond acceptors (Lipinski definition) is 2. The van der Waals surface area contributed by atoms with E-state index in [4.69, 9.17) is 0 Å². The number of hydrogen-bond donors (Lipinski definition) is 2. The molecule has 0 amide bonds. The second kappa shape index (κ2) is 2.86. The van der Waals surface area contributed by atoms with Crippen LogP contribution in [-0.4, -0.2) is 19.6 Å². The van der Waals surface area contributed by atoms with Crippen molar-refractivity contribution in [3.8, 4) is 0 Å². The lowest BCUT2D eigenvalue weighted by atomic mass is 9.75. The zero-order chi connectivity index (χ0) is 7.57. The SMILES string of the molecule is C1=CNCC2(C1)CCNCC2. The van der Waals surface area contributed by atoms with Gasteiger partial charge in [-0.15, -0.1) is 0 Å². The molecule has 2 rings (SSSR count). The molecule has 2 aliphatic rings. The van der Waals surface area contributed by atoms with Crippen LogP contribution < -0.4 is 10.6 Å². The zero-order valence-corrected chi connectivity index (χ0v) is 6.90. The molecule has 0 unspecified atom stereocenters. The van der Waals surface area contributed by atoms with Crippen molar-refractivity contribution in [2.45, 2.75) is 19.3 Å². The Morgan fingerprint density at radius 2 is 2.00 bits per heavy atom. The first-order valence-corrected chi connectivity index (χ1v) is 4.51. The Morgan fingerprint density at radius 3 is 2.64 bits per heavy atom. The predicted octanol–water partition coefficient (Wildman–Crippen LogP) is 0.863. The van der Waals surface area contributed by atoms with Crippen molar-refractivity contribution in [2.75, 3.05) is 19.6 Å². The van der Waals surface area contributed by atoms with Crippen LogP contribution >= 0.6 is 0 Å². The van der Waals surface area contributed by atoms with Gasteiger partial charge in [0, 0.05) is 6.54 Å².